The lowest BCUT2D eigenvalue weighted by Gasteiger charge is -2.41. The summed E-state index contributed by atoms with van der Waals surface area (Å²) >= 11 is 0. The van der Waals surface area contributed by atoms with E-state index in [4.69, 9.17) is 15.2 Å². The second-order valence-corrected chi connectivity index (χ2v) is 5.42. The molecule has 0 radical (unpaired) electrons. The van der Waals surface area contributed by atoms with Crippen LogP contribution >= 0.6 is 0 Å². The van der Waals surface area contributed by atoms with Crippen molar-refractivity contribution in [1.29, 1.82) is 0 Å². The van der Waals surface area contributed by atoms with Gasteiger partial charge in [-0.3, -0.25) is 4.90 Å². The zero-order chi connectivity index (χ0) is 14.6. The molecular weight excluding hydrogens is 254 g/mol. The molecule has 1 aromatic carbocycles. The summed E-state index contributed by atoms with van der Waals surface area (Å²) in [5.41, 5.74) is 7.23. The lowest BCUT2D eigenvalue weighted by molar-refractivity contribution is 0.0925. The maximum absolute atomic E-state index is 6.54. The molecule has 0 aromatic heterocycles. The normalized spacial score (nSPS) is 19.4. The van der Waals surface area contributed by atoms with E-state index in [2.05, 4.69) is 23.2 Å². The third kappa shape index (κ3) is 3.23. The number of ether oxygens (including phenoxy) is 2. The summed E-state index contributed by atoms with van der Waals surface area (Å²) in [6, 6.07) is 5.93. The fraction of sp³-hybridized carbons (Fsp3) is 0.600. The monoisotopic (exact) mass is 279 g/mol. The van der Waals surface area contributed by atoms with Crippen molar-refractivity contribution < 1.29 is 9.47 Å². The van der Waals surface area contributed by atoms with Gasteiger partial charge in [0.1, 0.15) is 0 Å². The molecule has 1 aliphatic rings. The first-order valence-electron chi connectivity index (χ1n) is 7.03. The molecule has 0 saturated carbocycles. The van der Waals surface area contributed by atoms with Crippen molar-refractivity contribution in [1.82, 2.24) is 10.2 Å². The Morgan fingerprint density at radius 1 is 1.25 bits per heavy atom. The zero-order valence-electron chi connectivity index (χ0n) is 12.6. The van der Waals surface area contributed by atoms with Gasteiger partial charge in [0, 0.05) is 38.2 Å². The van der Waals surface area contributed by atoms with Crippen LogP contribution in [0.2, 0.25) is 0 Å². The van der Waals surface area contributed by atoms with Crippen molar-refractivity contribution in [2.24, 2.45) is 5.73 Å². The molecule has 1 atom stereocenters. The number of rotatable bonds is 5. The first kappa shape index (κ1) is 15.1. The Bertz CT molecular complexity index is 443. The number of nitrogens with two attached hydrogens (primary N) is 1. The maximum Gasteiger partial charge on any atom is 0.164 e. The van der Waals surface area contributed by atoms with Crippen molar-refractivity contribution in [3.05, 3.63) is 23.8 Å². The van der Waals surface area contributed by atoms with Gasteiger partial charge < -0.3 is 20.5 Å². The van der Waals surface area contributed by atoms with Crippen LogP contribution in [0.3, 0.4) is 0 Å². The molecule has 0 bridgehead atoms. The summed E-state index contributed by atoms with van der Waals surface area (Å²) in [7, 11) is 3.32. The highest BCUT2D eigenvalue weighted by molar-refractivity contribution is 5.47. The fourth-order valence-electron chi connectivity index (χ4n) is 2.77. The van der Waals surface area contributed by atoms with Crippen LogP contribution in [-0.2, 0) is 6.42 Å². The van der Waals surface area contributed by atoms with Gasteiger partial charge in [-0.25, -0.2) is 0 Å². The van der Waals surface area contributed by atoms with Crippen LogP contribution in [0.4, 0.5) is 0 Å². The number of nitrogens with zero attached hydrogens (tertiary/aromatic N) is 1. The van der Waals surface area contributed by atoms with E-state index in [-0.39, 0.29) is 5.66 Å². The van der Waals surface area contributed by atoms with Gasteiger partial charge in [0.25, 0.3) is 0 Å². The number of para-hydroxylation sites is 1. The summed E-state index contributed by atoms with van der Waals surface area (Å²) in [6.07, 6.45) is 0.730. The number of benzene rings is 1. The molecule has 1 aliphatic heterocycles. The molecular formula is C15H25N3O2. The van der Waals surface area contributed by atoms with Gasteiger partial charge in [-0.05, 0) is 13.0 Å². The Balaban J connectivity index is 2.19. The molecule has 5 heteroatoms. The molecule has 1 saturated heterocycles. The Morgan fingerprint density at radius 3 is 2.55 bits per heavy atom. The van der Waals surface area contributed by atoms with E-state index < -0.39 is 0 Å². The Labute approximate surface area is 121 Å². The van der Waals surface area contributed by atoms with E-state index in [0.717, 1.165) is 49.7 Å². The molecule has 0 aliphatic carbocycles. The molecule has 2 rings (SSSR count). The lowest BCUT2D eigenvalue weighted by Crippen LogP contribution is -2.60. The van der Waals surface area contributed by atoms with E-state index in [1.54, 1.807) is 14.2 Å². The van der Waals surface area contributed by atoms with Crippen molar-refractivity contribution in [3.8, 4) is 11.5 Å². The Kier molecular flexibility index (Phi) is 4.86. The van der Waals surface area contributed by atoms with E-state index in [1.807, 2.05) is 12.1 Å². The van der Waals surface area contributed by atoms with Gasteiger partial charge in [0.15, 0.2) is 11.5 Å². The van der Waals surface area contributed by atoms with Crippen molar-refractivity contribution in [2.45, 2.75) is 19.0 Å². The standard InChI is InChI=1S/C15H25N3O2/c1-15(16,18-9-7-17-8-10-18)11-12-5-4-6-13(19-2)14(12)20-3/h4-6,17H,7-11,16H2,1-3H3. The molecule has 1 fully saturated rings. The number of methoxy groups -OCH3 is 2. The minimum Gasteiger partial charge on any atom is -0.493 e. The summed E-state index contributed by atoms with van der Waals surface area (Å²) in [5.74, 6) is 1.53. The Hall–Kier alpha value is -1.30. The third-order valence-electron chi connectivity index (χ3n) is 3.87. The first-order valence-corrected chi connectivity index (χ1v) is 7.03. The van der Waals surface area contributed by atoms with Crippen LogP contribution in [0.25, 0.3) is 0 Å². The SMILES string of the molecule is COc1cccc(CC(C)(N)N2CCNCC2)c1OC. The molecule has 0 spiro atoms. The number of piperazine rings is 1. The van der Waals surface area contributed by atoms with Gasteiger partial charge in [-0.2, -0.15) is 0 Å². The quantitative estimate of drug-likeness (QED) is 0.836. The second-order valence-electron chi connectivity index (χ2n) is 5.42. The Morgan fingerprint density at radius 2 is 1.95 bits per heavy atom. The van der Waals surface area contributed by atoms with E-state index in [0.29, 0.717) is 0 Å². The third-order valence-corrected chi connectivity index (χ3v) is 3.87. The minimum absolute atomic E-state index is 0.387. The molecule has 20 heavy (non-hydrogen) atoms. The molecule has 112 valence electrons. The average molecular weight is 279 g/mol. The highest BCUT2D eigenvalue weighted by Crippen LogP contribution is 2.33. The zero-order valence-corrected chi connectivity index (χ0v) is 12.6. The maximum atomic E-state index is 6.54. The smallest absolute Gasteiger partial charge is 0.164 e. The molecule has 3 N–H and O–H groups in total. The predicted molar refractivity (Wildman–Crippen MR) is 80.3 cm³/mol. The molecule has 1 heterocycles. The topological polar surface area (TPSA) is 59.8 Å². The van der Waals surface area contributed by atoms with E-state index in [9.17, 15) is 0 Å². The van der Waals surface area contributed by atoms with Gasteiger partial charge in [0.05, 0.1) is 19.9 Å². The first-order chi connectivity index (χ1) is 9.58. The van der Waals surface area contributed by atoms with E-state index >= 15 is 0 Å². The summed E-state index contributed by atoms with van der Waals surface area (Å²) in [4.78, 5) is 2.32. The lowest BCUT2D eigenvalue weighted by atomic mass is 9.98. The number of hydrogen-bond donors (Lipinski definition) is 2. The van der Waals surface area contributed by atoms with Crippen LogP contribution in [0.1, 0.15) is 12.5 Å². The van der Waals surface area contributed by atoms with Crippen molar-refractivity contribution in [3.63, 3.8) is 0 Å². The van der Waals surface area contributed by atoms with Crippen molar-refractivity contribution >= 4 is 0 Å². The number of hydrogen-bond acceptors (Lipinski definition) is 5. The predicted octanol–water partition coefficient (Wildman–Crippen LogP) is 0.826. The second kappa shape index (κ2) is 6.43. The fourth-order valence-corrected chi connectivity index (χ4v) is 2.77. The molecule has 1 aromatic rings. The van der Waals surface area contributed by atoms with Gasteiger partial charge in [-0.15, -0.1) is 0 Å². The summed E-state index contributed by atoms with van der Waals surface area (Å²) in [5, 5.41) is 3.35. The molecule has 1 unspecified atom stereocenters. The highest BCUT2D eigenvalue weighted by Gasteiger charge is 2.30. The summed E-state index contributed by atoms with van der Waals surface area (Å²) in [6.45, 7) is 6.00. The van der Waals surface area contributed by atoms with Gasteiger partial charge in [0.2, 0.25) is 0 Å². The highest BCUT2D eigenvalue weighted by atomic mass is 16.5. The van der Waals surface area contributed by atoms with E-state index in [1.165, 1.54) is 0 Å². The van der Waals surface area contributed by atoms with Crippen molar-refractivity contribution in [2.75, 3.05) is 40.4 Å². The van der Waals surface area contributed by atoms with Gasteiger partial charge in [-0.1, -0.05) is 12.1 Å². The average Bonchev–Trinajstić information content (AvgIpc) is 2.47. The van der Waals surface area contributed by atoms with Crippen LogP contribution in [0.5, 0.6) is 11.5 Å². The number of nitrogens with one attached hydrogen (secondary N) is 1. The van der Waals surface area contributed by atoms with Gasteiger partial charge >= 0.3 is 0 Å². The van der Waals surface area contributed by atoms with Crippen LogP contribution in [-0.4, -0.2) is 51.0 Å². The molecule has 0 amide bonds. The minimum atomic E-state index is -0.387. The molecule has 5 nitrogen and oxygen atoms in total. The summed E-state index contributed by atoms with van der Waals surface area (Å²) < 4.78 is 10.8. The van der Waals surface area contributed by atoms with Crippen LogP contribution < -0.4 is 20.5 Å². The van der Waals surface area contributed by atoms with Crippen LogP contribution in [0, 0.1) is 0 Å². The van der Waals surface area contributed by atoms with Crippen LogP contribution in [0.15, 0.2) is 18.2 Å². The largest absolute Gasteiger partial charge is 0.493 e.